The minimum absolute atomic E-state index is 0.0504. The van der Waals surface area contributed by atoms with Gasteiger partial charge in [-0.15, -0.1) is 0 Å². The van der Waals surface area contributed by atoms with Crippen LogP contribution in [0.4, 0.5) is 0 Å². The van der Waals surface area contributed by atoms with Crippen LogP contribution in [0, 0.1) is 0 Å². The molecule has 2 heterocycles. The van der Waals surface area contributed by atoms with Crippen molar-refractivity contribution in [1.29, 1.82) is 0 Å². The van der Waals surface area contributed by atoms with Crippen molar-refractivity contribution in [3.05, 3.63) is 29.8 Å². The van der Waals surface area contributed by atoms with Crippen LogP contribution in [0.2, 0.25) is 0 Å². The second kappa shape index (κ2) is 8.36. The van der Waals surface area contributed by atoms with Gasteiger partial charge in [-0.05, 0) is 55.8 Å². The van der Waals surface area contributed by atoms with Crippen LogP contribution in [0.3, 0.4) is 0 Å². The maximum absolute atomic E-state index is 11.8. The van der Waals surface area contributed by atoms with Crippen molar-refractivity contribution in [3.63, 3.8) is 0 Å². The molecule has 2 fully saturated rings. The van der Waals surface area contributed by atoms with E-state index < -0.39 is 0 Å². The quantitative estimate of drug-likeness (QED) is 0.640. The van der Waals surface area contributed by atoms with Gasteiger partial charge in [-0.1, -0.05) is 6.42 Å². The molecule has 5 nitrogen and oxygen atoms in total. The first-order valence-corrected chi connectivity index (χ1v) is 9.34. The predicted octanol–water partition coefficient (Wildman–Crippen LogP) is 2.12. The van der Waals surface area contributed by atoms with Crippen LogP contribution in [0.1, 0.15) is 24.8 Å². The molecule has 0 spiro atoms. The monoisotopic (exact) mass is 333 g/mol. The Kier molecular flexibility index (Phi) is 5.93. The number of likely N-dealkylation sites (tertiary alicyclic amines) is 1. The third kappa shape index (κ3) is 5.25. The highest BCUT2D eigenvalue weighted by Crippen LogP contribution is 2.23. The summed E-state index contributed by atoms with van der Waals surface area (Å²) in [4.78, 5) is 14.0. The molecule has 0 unspecified atom stereocenters. The normalized spacial score (nSPS) is 19.5. The van der Waals surface area contributed by atoms with Crippen molar-refractivity contribution in [2.75, 3.05) is 31.1 Å². The minimum Gasteiger partial charge on any atom is -0.489 e. The summed E-state index contributed by atoms with van der Waals surface area (Å²) in [6.07, 6.45) is 5.66. The average Bonchev–Trinajstić information content (AvgIpc) is 2.53. The standard InChI is InChI=1S/C17H23N3O2S/c21-17(11-20-8-2-1-3-9-20)19-18-10-14-4-6-15(7-5-14)22-16-12-23-13-16/h4-7,10,16H,1-3,8-9,11-13H2,(H,19,21)/b18-10-. The summed E-state index contributed by atoms with van der Waals surface area (Å²) in [5, 5.41) is 4.03. The van der Waals surface area contributed by atoms with Crippen LogP contribution in [0.15, 0.2) is 29.4 Å². The largest absolute Gasteiger partial charge is 0.489 e. The number of rotatable bonds is 6. The number of benzene rings is 1. The van der Waals surface area contributed by atoms with Crippen LogP contribution in [-0.4, -0.2) is 54.3 Å². The second-order valence-corrected chi connectivity index (χ2v) is 7.05. The van der Waals surface area contributed by atoms with E-state index in [9.17, 15) is 4.79 Å². The van der Waals surface area contributed by atoms with Gasteiger partial charge in [0.25, 0.3) is 5.91 Å². The van der Waals surface area contributed by atoms with Gasteiger partial charge in [0.15, 0.2) is 0 Å². The molecule has 1 N–H and O–H groups in total. The van der Waals surface area contributed by atoms with E-state index in [-0.39, 0.29) is 5.91 Å². The van der Waals surface area contributed by atoms with E-state index in [2.05, 4.69) is 15.4 Å². The molecular weight excluding hydrogens is 310 g/mol. The molecule has 0 radical (unpaired) electrons. The molecule has 2 saturated heterocycles. The predicted molar refractivity (Wildman–Crippen MR) is 94.2 cm³/mol. The van der Waals surface area contributed by atoms with Crippen molar-refractivity contribution in [2.24, 2.45) is 5.10 Å². The number of thioether (sulfide) groups is 1. The molecule has 124 valence electrons. The fraction of sp³-hybridized carbons (Fsp3) is 0.529. The van der Waals surface area contributed by atoms with E-state index >= 15 is 0 Å². The molecule has 2 aliphatic heterocycles. The van der Waals surface area contributed by atoms with Gasteiger partial charge in [-0.3, -0.25) is 9.69 Å². The number of ether oxygens (including phenoxy) is 1. The summed E-state index contributed by atoms with van der Waals surface area (Å²) in [6, 6.07) is 7.78. The first kappa shape index (κ1) is 16.3. The molecule has 2 aliphatic rings. The lowest BCUT2D eigenvalue weighted by molar-refractivity contribution is -0.122. The Balaban J connectivity index is 1.40. The van der Waals surface area contributed by atoms with E-state index in [4.69, 9.17) is 4.74 Å². The lowest BCUT2D eigenvalue weighted by Crippen LogP contribution is -2.38. The van der Waals surface area contributed by atoms with Crippen molar-refractivity contribution < 1.29 is 9.53 Å². The Morgan fingerprint density at radius 1 is 1.26 bits per heavy atom. The Hall–Kier alpha value is -1.53. The Bertz CT molecular complexity index is 537. The zero-order valence-electron chi connectivity index (χ0n) is 13.2. The summed E-state index contributed by atoms with van der Waals surface area (Å²) in [5.41, 5.74) is 3.54. The van der Waals surface area contributed by atoms with Crippen LogP contribution in [-0.2, 0) is 4.79 Å². The second-order valence-electron chi connectivity index (χ2n) is 5.98. The molecular formula is C17H23N3O2S. The summed E-state index contributed by atoms with van der Waals surface area (Å²) in [5.74, 6) is 2.99. The van der Waals surface area contributed by atoms with Gasteiger partial charge < -0.3 is 4.74 Å². The maximum Gasteiger partial charge on any atom is 0.254 e. The fourth-order valence-corrected chi connectivity index (χ4v) is 3.21. The highest BCUT2D eigenvalue weighted by Gasteiger charge is 2.19. The lowest BCUT2D eigenvalue weighted by atomic mass is 10.1. The zero-order valence-corrected chi connectivity index (χ0v) is 14.1. The molecule has 23 heavy (non-hydrogen) atoms. The van der Waals surface area contributed by atoms with Gasteiger partial charge in [0.05, 0.1) is 12.8 Å². The molecule has 3 rings (SSSR count). The Morgan fingerprint density at radius 3 is 2.65 bits per heavy atom. The first-order valence-electron chi connectivity index (χ1n) is 8.18. The van der Waals surface area contributed by atoms with Crippen LogP contribution < -0.4 is 10.2 Å². The van der Waals surface area contributed by atoms with Crippen molar-refractivity contribution >= 4 is 23.9 Å². The van der Waals surface area contributed by atoms with E-state index in [0.717, 1.165) is 35.9 Å². The van der Waals surface area contributed by atoms with Crippen molar-refractivity contribution in [1.82, 2.24) is 10.3 Å². The fourth-order valence-electron chi connectivity index (χ4n) is 2.64. The Morgan fingerprint density at radius 2 is 2.00 bits per heavy atom. The molecule has 0 aliphatic carbocycles. The summed E-state index contributed by atoms with van der Waals surface area (Å²) in [6.45, 7) is 2.46. The van der Waals surface area contributed by atoms with E-state index in [1.165, 1.54) is 19.3 Å². The molecule has 6 heteroatoms. The minimum atomic E-state index is -0.0504. The number of carbonyl (C=O) groups is 1. The smallest absolute Gasteiger partial charge is 0.254 e. The molecule has 0 aromatic heterocycles. The van der Waals surface area contributed by atoms with Gasteiger partial charge >= 0.3 is 0 Å². The number of hydrogen-bond donors (Lipinski definition) is 1. The van der Waals surface area contributed by atoms with Crippen molar-refractivity contribution in [2.45, 2.75) is 25.4 Å². The van der Waals surface area contributed by atoms with Crippen molar-refractivity contribution in [3.8, 4) is 5.75 Å². The number of nitrogens with zero attached hydrogens (tertiary/aromatic N) is 2. The summed E-state index contributed by atoms with van der Waals surface area (Å²) < 4.78 is 5.79. The van der Waals surface area contributed by atoms with E-state index in [1.54, 1.807) is 6.21 Å². The summed E-state index contributed by atoms with van der Waals surface area (Å²) >= 11 is 1.90. The van der Waals surface area contributed by atoms with Crippen LogP contribution in [0.25, 0.3) is 0 Å². The van der Waals surface area contributed by atoms with Gasteiger partial charge in [0.2, 0.25) is 0 Å². The maximum atomic E-state index is 11.8. The van der Waals surface area contributed by atoms with Crippen LogP contribution in [0.5, 0.6) is 5.75 Å². The highest BCUT2D eigenvalue weighted by molar-refractivity contribution is 8.00. The molecule has 1 aromatic carbocycles. The Labute approximate surface area is 141 Å². The molecule has 1 amide bonds. The van der Waals surface area contributed by atoms with Crippen LogP contribution >= 0.6 is 11.8 Å². The van der Waals surface area contributed by atoms with E-state index in [1.807, 2.05) is 36.0 Å². The first-order chi connectivity index (χ1) is 11.3. The van der Waals surface area contributed by atoms with E-state index in [0.29, 0.717) is 12.6 Å². The third-order valence-corrected chi connectivity index (χ3v) is 5.22. The number of hydrazone groups is 1. The number of carbonyl (C=O) groups excluding carboxylic acids is 1. The number of nitrogens with one attached hydrogen (secondary N) is 1. The number of piperidine rings is 1. The van der Waals surface area contributed by atoms with Gasteiger partial charge in [0.1, 0.15) is 11.9 Å². The van der Waals surface area contributed by atoms with Gasteiger partial charge in [-0.2, -0.15) is 16.9 Å². The third-order valence-electron chi connectivity index (χ3n) is 4.01. The SMILES string of the molecule is O=C(CN1CCCCC1)N/N=C\c1ccc(OC2CSC2)cc1. The molecule has 1 aromatic rings. The molecule has 0 saturated carbocycles. The zero-order chi connectivity index (χ0) is 15.9. The topological polar surface area (TPSA) is 53.9 Å². The van der Waals surface area contributed by atoms with Gasteiger partial charge in [0, 0.05) is 11.5 Å². The molecule has 0 bridgehead atoms. The molecule has 0 atom stereocenters. The summed E-state index contributed by atoms with van der Waals surface area (Å²) in [7, 11) is 0. The number of amides is 1. The average molecular weight is 333 g/mol. The number of hydrogen-bond acceptors (Lipinski definition) is 5. The van der Waals surface area contributed by atoms with Gasteiger partial charge in [-0.25, -0.2) is 5.43 Å². The lowest BCUT2D eigenvalue weighted by Gasteiger charge is -2.25. The highest BCUT2D eigenvalue weighted by atomic mass is 32.2.